The normalized spacial score (nSPS) is 11.7. The van der Waals surface area contributed by atoms with Crippen LogP contribution in [0.3, 0.4) is 0 Å². The van der Waals surface area contributed by atoms with E-state index in [9.17, 15) is 0 Å². The molecular weight excluding hydrogens is 380 g/mol. The van der Waals surface area contributed by atoms with Crippen molar-refractivity contribution in [3.63, 3.8) is 0 Å². The number of nitrogens with zero attached hydrogens (tertiary/aromatic N) is 1. The van der Waals surface area contributed by atoms with Crippen LogP contribution in [0.25, 0.3) is 21.5 Å². The molecule has 0 heterocycles. The maximum atomic E-state index is 5.77. The van der Waals surface area contributed by atoms with Gasteiger partial charge in [-0.05, 0) is 111 Å². The Kier molecular flexibility index (Phi) is 10.3. The van der Waals surface area contributed by atoms with Crippen molar-refractivity contribution in [2.24, 2.45) is 11.5 Å². The van der Waals surface area contributed by atoms with Gasteiger partial charge in [0, 0.05) is 6.54 Å². The lowest BCUT2D eigenvalue weighted by Gasteiger charge is -2.24. The molecule has 4 heteroatoms. The summed E-state index contributed by atoms with van der Waals surface area (Å²) in [5.41, 5.74) is 12.8. The van der Waals surface area contributed by atoms with Gasteiger partial charge in [-0.1, -0.05) is 48.5 Å². The molecule has 0 saturated carbocycles. The van der Waals surface area contributed by atoms with Gasteiger partial charge in [0.05, 0.1) is 0 Å². The highest BCUT2D eigenvalue weighted by molar-refractivity contribution is 6.02. The summed E-state index contributed by atoms with van der Waals surface area (Å²) >= 11 is 0. The van der Waals surface area contributed by atoms with Gasteiger partial charge in [0.1, 0.15) is 0 Å². The fourth-order valence-corrected chi connectivity index (χ4v) is 4.36. The summed E-state index contributed by atoms with van der Waals surface area (Å²) in [5.74, 6) is 0. The number of rotatable bonds is 15. The van der Waals surface area contributed by atoms with Crippen molar-refractivity contribution in [3.05, 3.63) is 60.2 Å². The van der Waals surface area contributed by atoms with Crippen LogP contribution in [0, 0.1) is 0 Å². The highest BCUT2D eigenvalue weighted by Crippen LogP contribution is 2.29. The molecule has 0 aliphatic rings. The Balaban J connectivity index is 1.68. The van der Waals surface area contributed by atoms with Gasteiger partial charge < -0.3 is 16.8 Å². The second-order valence-electron chi connectivity index (χ2n) is 8.52. The van der Waals surface area contributed by atoms with Gasteiger partial charge in [-0.2, -0.15) is 0 Å². The zero-order chi connectivity index (χ0) is 21.7. The highest BCUT2D eigenvalue weighted by Gasteiger charge is 2.12. The summed E-state index contributed by atoms with van der Waals surface area (Å²) in [7, 11) is 0. The van der Waals surface area contributed by atoms with Gasteiger partial charge in [0.15, 0.2) is 0 Å². The second kappa shape index (κ2) is 13.4. The predicted molar refractivity (Wildman–Crippen MR) is 135 cm³/mol. The summed E-state index contributed by atoms with van der Waals surface area (Å²) in [6.07, 6.45) is 6.98. The molecule has 168 valence electrons. The van der Waals surface area contributed by atoms with Gasteiger partial charge in [0.2, 0.25) is 0 Å². The van der Waals surface area contributed by atoms with E-state index < -0.39 is 0 Å². The lowest BCUT2D eigenvalue weighted by atomic mass is 9.96. The molecule has 0 atom stereocenters. The molecule has 4 nitrogen and oxygen atoms in total. The van der Waals surface area contributed by atoms with Crippen LogP contribution in [0.1, 0.15) is 44.1 Å². The van der Waals surface area contributed by atoms with E-state index in [1.807, 2.05) is 0 Å². The predicted octanol–water partition coefficient (Wildman–Crippen LogP) is 4.64. The molecule has 0 bridgehead atoms. The number of nitrogens with two attached hydrogens (primary N) is 2. The molecule has 5 N–H and O–H groups in total. The summed E-state index contributed by atoms with van der Waals surface area (Å²) < 4.78 is 0. The third-order valence-corrected chi connectivity index (χ3v) is 6.08. The molecule has 0 unspecified atom stereocenters. The third-order valence-electron chi connectivity index (χ3n) is 6.08. The lowest BCUT2D eigenvalue weighted by Crippen LogP contribution is -2.27. The van der Waals surface area contributed by atoms with Gasteiger partial charge in [0.25, 0.3) is 0 Å². The Morgan fingerprint density at radius 1 is 0.645 bits per heavy atom. The zero-order valence-electron chi connectivity index (χ0n) is 19.0. The number of hydrogen-bond donors (Lipinski definition) is 3. The third kappa shape index (κ3) is 7.29. The Hall–Kier alpha value is -1.98. The van der Waals surface area contributed by atoms with E-state index in [2.05, 4.69) is 64.8 Å². The fourth-order valence-electron chi connectivity index (χ4n) is 4.36. The van der Waals surface area contributed by atoms with Crippen LogP contribution >= 0.6 is 0 Å². The Morgan fingerprint density at radius 3 is 1.77 bits per heavy atom. The first-order valence-electron chi connectivity index (χ1n) is 12.1. The second-order valence-corrected chi connectivity index (χ2v) is 8.52. The minimum absolute atomic E-state index is 0.776. The number of fused-ring (bicyclic) bond motifs is 2. The van der Waals surface area contributed by atoms with Crippen molar-refractivity contribution in [3.8, 4) is 0 Å². The average Bonchev–Trinajstić information content (AvgIpc) is 2.80. The van der Waals surface area contributed by atoms with Gasteiger partial charge in [-0.15, -0.1) is 0 Å². The van der Waals surface area contributed by atoms with E-state index in [4.69, 9.17) is 11.5 Å². The van der Waals surface area contributed by atoms with Gasteiger partial charge in [-0.3, -0.25) is 4.90 Å². The summed E-state index contributed by atoms with van der Waals surface area (Å²) in [4.78, 5) is 2.64. The molecule has 0 aromatic heterocycles. The highest BCUT2D eigenvalue weighted by atomic mass is 15.1. The Labute approximate surface area is 188 Å². The molecule has 0 saturated heterocycles. The van der Waals surface area contributed by atoms with Gasteiger partial charge >= 0.3 is 0 Å². The monoisotopic (exact) mass is 420 g/mol. The molecule has 0 aliphatic heterocycles. The molecule has 3 aromatic carbocycles. The molecule has 3 aromatic rings. The maximum Gasteiger partial charge on any atom is 0.0246 e. The first-order valence-corrected chi connectivity index (χ1v) is 12.1. The molecule has 0 spiro atoms. The molecule has 3 rings (SSSR count). The summed E-state index contributed by atoms with van der Waals surface area (Å²) in [5, 5.41) is 8.98. The molecular formula is C27H40N4. The van der Waals surface area contributed by atoms with E-state index in [1.165, 1.54) is 46.4 Å². The molecule has 0 fully saturated rings. The lowest BCUT2D eigenvalue weighted by molar-refractivity contribution is 0.256. The quantitative estimate of drug-likeness (QED) is 0.247. The van der Waals surface area contributed by atoms with E-state index in [1.54, 1.807) is 0 Å². The zero-order valence-corrected chi connectivity index (χ0v) is 19.0. The van der Waals surface area contributed by atoms with E-state index in [0.717, 1.165) is 65.1 Å². The van der Waals surface area contributed by atoms with Crippen molar-refractivity contribution < 1.29 is 0 Å². The fraction of sp³-hybridized carbons (Fsp3) is 0.481. The van der Waals surface area contributed by atoms with E-state index in [-0.39, 0.29) is 0 Å². The molecule has 0 amide bonds. The van der Waals surface area contributed by atoms with Crippen molar-refractivity contribution in [2.45, 2.75) is 45.1 Å². The largest absolute Gasteiger partial charge is 0.330 e. The minimum Gasteiger partial charge on any atom is -0.330 e. The van der Waals surface area contributed by atoms with Crippen LogP contribution in [0.2, 0.25) is 0 Å². The van der Waals surface area contributed by atoms with Crippen LogP contribution in [-0.4, -0.2) is 44.2 Å². The SMILES string of the molecule is NCCCCNCCCCN(CCCCN)Cc1c2ccccc2cc2ccccc12. The average molecular weight is 421 g/mol. The van der Waals surface area contributed by atoms with Crippen LogP contribution in [0.5, 0.6) is 0 Å². The van der Waals surface area contributed by atoms with E-state index in [0.29, 0.717) is 0 Å². The topological polar surface area (TPSA) is 67.3 Å². The van der Waals surface area contributed by atoms with E-state index >= 15 is 0 Å². The maximum absolute atomic E-state index is 5.77. The molecule has 0 aliphatic carbocycles. The molecule has 31 heavy (non-hydrogen) atoms. The first-order chi connectivity index (χ1) is 15.3. The van der Waals surface area contributed by atoms with Crippen LogP contribution in [0.15, 0.2) is 54.6 Å². The van der Waals surface area contributed by atoms with Crippen LogP contribution in [0.4, 0.5) is 0 Å². The number of unbranched alkanes of at least 4 members (excludes halogenated alkanes) is 3. The number of benzene rings is 3. The summed E-state index contributed by atoms with van der Waals surface area (Å²) in [6.45, 7) is 6.99. The standard InChI is InChI=1S/C27H40N4/c28-15-5-7-17-30-18-8-10-20-31(19-9-6-16-29)22-27-25-13-3-1-11-23(25)21-24-12-2-4-14-26(24)27/h1-4,11-14,21,30H,5-10,15-20,22,28-29H2. The minimum atomic E-state index is 0.776. The molecule has 0 radical (unpaired) electrons. The summed E-state index contributed by atoms with van der Waals surface area (Å²) in [6, 6.07) is 20.0. The van der Waals surface area contributed by atoms with Crippen LogP contribution in [-0.2, 0) is 6.54 Å². The van der Waals surface area contributed by atoms with Gasteiger partial charge in [-0.25, -0.2) is 0 Å². The Morgan fingerprint density at radius 2 is 1.16 bits per heavy atom. The number of nitrogens with one attached hydrogen (secondary N) is 1. The number of hydrogen-bond acceptors (Lipinski definition) is 4. The smallest absolute Gasteiger partial charge is 0.0246 e. The van der Waals surface area contributed by atoms with Crippen molar-refractivity contribution in [1.82, 2.24) is 10.2 Å². The van der Waals surface area contributed by atoms with Crippen molar-refractivity contribution in [2.75, 3.05) is 39.3 Å². The van der Waals surface area contributed by atoms with Crippen molar-refractivity contribution >= 4 is 21.5 Å². The first kappa shape index (κ1) is 23.7. The van der Waals surface area contributed by atoms with Crippen LogP contribution < -0.4 is 16.8 Å². The Bertz CT molecular complexity index is 854. The van der Waals surface area contributed by atoms with Crippen molar-refractivity contribution in [1.29, 1.82) is 0 Å².